The van der Waals surface area contributed by atoms with E-state index in [4.69, 9.17) is 14.2 Å². The Labute approximate surface area is 128 Å². The van der Waals surface area contributed by atoms with Gasteiger partial charge in [0.05, 0.1) is 33.0 Å². The summed E-state index contributed by atoms with van der Waals surface area (Å²) >= 11 is 0. The molecule has 0 bridgehead atoms. The Balaban J connectivity index is 2.35. The van der Waals surface area contributed by atoms with Crippen LogP contribution in [0.4, 0.5) is 0 Å². The summed E-state index contributed by atoms with van der Waals surface area (Å²) in [6.45, 7) is 10.0. The van der Waals surface area contributed by atoms with E-state index in [0.717, 1.165) is 18.9 Å². The monoisotopic (exact) mass is 295 g/mol. The molecule has 0 aliphatic carbocycles. The maximum Gasteiger partial charge on any atom is 0.118 e. The predicted molar refractivity (Wildman–Crippen MR) is 85.9 cm³/mol. The first-order chi connectivity index (χ1) is 10.2. The predicted octanol–water partition coefficient (Wildman–Crippen LogP) is 3.04. The van der Waals surface area contributed by atoms with Gasteiger partial charge in [-0.3, -0.25) is 0 Å². The molecule has 1 rings (SSSR count). The number of ether oxygens (including phenoxy) is 3. The molecule has 0 aliphatic heterocycles. The van der Waals surface area contributed by atoms with E-state index in [0.29, 0.717) is 25.7 Å². The van der Waals surface area contributed by atoms with E-state index in [2.05, 4.69) is 38.2 Å². The van der Waals surface area contributed by atoms with Crippen molar-refractivity contribution in [2.24, 2.45) is 5.92 Å². The fourth-order valence-corrected chi connectivity index (χ4v) is 1.99. The zero-order valence-electron chi connectivity index (χ0n) is 13.7. The molecule has 21 heavy (non-hydrogen) atoms. The standard InChI is InChI=1S/C17H29NO3/c1-5-18-17(13-21-11-10-20-12-14(2)3)15-6-8-16(19-4)9-7-15/h6-9,14,17-18H,5,10-13H2,1-4H3. The second-order valence-corrected chi connectivity index (χ2v) is 5.43. The molecule has 0 fully saturated rings. The molecule has 0 aromatic heterocycles. The first-order valence-corrected chi connectivity index (χ1v) is 7.70. The van der Waals surface area contributed by atoms with Gasteiger partial charge in [-0.2, -0.15) is 0 Å². The summed E-state index contributed by atoms with van der Waals surface area (Å²) in [5.74, 6) is 1.44. The summed E-state index contributed by atoms with van der Waals surface area (Å²) in [6.07, 6.45) is 0. The van der Waals surface area contributed by atoms with Crippen LogP contribution < -0.4 is 10.1 Å². The largest absolute Gasteiger partial charge is 0.497 e. The average Bonchev–Trinajstić information content (AvgIpc) is 2.49. The minimum atomic E-state index is 0.200. The van der Waals surface area contributed by atoms with Crippen molar-refractivity contribution in [3.8, 4) is 5.75 Å². The van der Waals surface area contributed by atoms with Crippen LogP contribution in [0.5, 0.6) is 5.75 Å². The third-order valence-corrected chi connectivity index (χ3v) is 3.08. The molecule has 0 saturated heterocycles. The van der Waals surface area contributed by atoms with E-state index in [1.807, 2.05) is 12.1 Å². The van der Waals surface area contributed by atoms with Gasteiger partial charge in [-0.25, -0.2) is 0 Å². The molecule has 120 valence electrons. The molecule has 1 unspecified atom stereocenters. The Morgan fingerprint density at radius 2 is 1.62 bits per heavy atom. The quantitative estimate of drug-likeness (QED) is 0.637. The van der Waals surface area contributed by atoms with E-state index >= 15 is 0 Å². The summed E-state index contributed by atoms with van der Waals surface area (Å²) in [5, 5.41) is 3.44. The molecule has 0 aliphatic rings. The van der Waals surface area contributed by atoms with Crippen molar-refractivity contribution >= 4 is 0 Å². The van der Waals surface area contributed by atoms with Crippen LogP contribution in [0.25, 0.3) is 0 Å². The number of nitrogens with one attached hydrogen (secondary N) is 1. The van der Waals surface area contributed by atoms with Crippen LogP contribution in [0, 0.1) is 5.92 Å². The Morgan fingerprint density at radius 3 is 2.14 bits per heavy atom. The van der Waals surface area contributed by atoms with E-state index in [1.165, 1.54) is 5.56 Å². The number of hydrogen-bond donors (Lipinski definition) is 1. The summed E-state index contributed by atoms with van der Waals surface area (Å²) in [4.78, 5) is 0. The van der Waals surface area contributed by atoms with Gasteiger partial charge >= 0.3 is 0 Å². The highest BCUT2D eigenvalue weighted by atomic mass is 16.5. The molecule has 1 atom stereocenters. The summed E-state index contributed by atoms with van der Waals surface area (Å²) in [6, 6.07) is 8.30. The van der Waals surface area contributed by atoms with Crippen LogP contribution in [0.3, 0.4) is 0 Å². The molecule has 0 saturated carbocycles. The molecule has 1 aromatic rings. The van der Waals surface area contributed by atoms with Gasteiger partial charge in [0.15, 0.2) is 0 Å². The lowest BCUT2D eigenvalue weighted by molar-refractivity contribution is 0.0304. The average molecular weight is 295 g/mol. The van der Waals surface area contributed by atoms with Gasteiger partial charge in [-0.1, -0.05) is 32.9 Å². The molecule has 1 N–H and O–H groups in total. The highest BCUT2D eigenvalue weighted by molar-refractivity contribution is 5.29. The van der Waals surface area contributed by atoms with Gasteiger partial charge in [-0.15, -0.1) is 0 Å². The third kappa shape index (κ3) is 7.46. The van der Waals surface area contributed by atoms with Crippen molar-refractivity contribution in [1.82, 2.24) is 5.32 Å². The first kappa shape index (κ1) is 18.0. The number of hydrogen-bond acceptors (Lipinski definition) is 4. The first-order valence-electron chi connectivity index (χ1n) is 7.70. The minimum absolute atomic E-state index is 0.200. The third-order valence-electron chi connectivity index (χ3n) is 3.08. The van der Waals surface area contributed by atoms with Crippen molar-refractivity contribution in [2.75, 3.05) is 40.1 Å². The maximum absolute atomic E-state index is 5.72. The zero-order chi connectivity index (χ0) is 15.5. The molecule has 0 heterocycles. The Kier molecular flexibility index (Phi) is 9.06. The molecular formula is C17H29NO3. The number of benzene rings is 1. The van der Waals surface area contributed by atoms with Crippen molar-refractivity contribution in [2.45, 2.75) is 26.8 Å². The lowest BCUT2D eigenvalue weighted by Crippen LogP contribution is -2.26. The fraction of sp³-hybridized carbons (Fsp3) is 0.647. The van der Waals surface area contributed by atoms with Crippen molar-refractivity contribution in [1.29, 1.82) is 0 Å². The Hall–Kier alpha value is -1.10. The highest BCUT2D eigenvalue weighted by Crippen LogP contribution is 2.18. The second-order valence-electron chi connectivity index (χ2n) is 5.43. The molecule has 0 spiro atoms. The summed E-state index contributed by atoms with van der Waals surface area (Å²) in [7, 11) is 1.68. The van der Waals surface area contributed by atoms with E-state index in [1.54, 1.807) is 7.11 Å². The topological polar surface area (TPSA) is 39.7 Å². The van der Waals surface area contributed by atoms with E-state index in [-0.39, 0.29) is 6.04 Å². The lowest BCUT2D eigenvalue weighted by Gasteiger charge is -2.19. The van der Waals surface area contributed by atoms with Crippen LogP contribution in [0.2, 0.25) is 0 Å². The van der Waals surface area contributed by atoms with Crippen LogP contribution in [-0.2, 0) is 9.47 Å². The lowest BCUT2D eigenvalue weighted by atomic mass is 10.1. The van der Waals surface area contributed by atoms with Gasteiger partial charge in [-0.05, 0) is 30.2 Å². The van der Waals surface area contributed by atoms with Gasteiger partial charge in [0.25, 0.3) is 0 Å². The maximum atomic E-state index is 5.72. The SMILES string of the molecule is CCNC(COCCOCC(C)C)c1ccc(OC)cc1. The summed E-state index contributed by atoms with van der Waals surface area (Å²) in [5.41, 5.74) is 1.21. The molecule has 4 heteroatoms. The second kappa shape index (κ2) is 10.6. The van der Waals surface area contributed by atoms with Crippen LogP contribution in [0.15, 0.2) is 24.3 Å². The smallest absolute Gasteiger partial charge is 0.118 e. The van der Waals surface area contributed by atoms with E-state index < -0.39 is 0 Å². The minimum Gasteiger partial charge on any atom is -0.497 e. The zero-order valence-corrected chi connectivity index (χ0v) is 13.7. The Morgan fingerprint density at radius 1 is 1.00 bits per heavy atom. The number of likely N-dealkylation sites (N-methyl/N-ethyl adjacent to an activating group) is 1. The number of rotatable bonds is 11. The van der Waals surface area contributed by atoms with Crippen molar-refractivity contribution in [3.63, 3.8) is 0 Å². The van der Waals surface area contributed by atoms with E-state index in [9.17, 15) is 0 Å². The van der Waals surface area contributed by atoms with Gasteiger partial charge in [0, 0.05) is 6.61 Å². The number of methoxy groups -OCH3 is 1. The molecule has 0 radical (unpaired) electrons. The van der Waals surface area contributed by atoms with Crippen molar-refractivity contribution < 1.29 is 14.2 Å². The van der Waals surface area contributed by atoms with Crippen LogP contribution >= 0.6 is 0 Å². The highest BCUT2D eigenvalue weighted by Gasteiger charge is 2.10. The van der Waals surface area contributed by atoms with Crippen LogP contribution in [0.1, 0.15) is 32.4 Å². The molecule has 0 amide bonds. The molecule has 4 nitrogen and oxygen atoms in total. The van der Waals surface area contributed by atoms with Crippen molar-refractivity contribution in [3.05, 3.63) is 29.8 Å². The van der Waals surface area contributed by atoms with Gasteiger partial charge in [0.1, 0.15) is 5.75 Å². The molecule has 1 aromatic carbocycles. The van der Waals surface area contributed by atoms with Gasteiger partial charge < -0.3 is 19.5 Å². The molecular weight excluding hydrogens is 266 g/mol. The normalized spacial score (nSPS) is 12.6. The fourth-order valence-electron chi connectivity index (χ4n) is 1.99. The Bertz CT molecular complexity index is 365. The summed E-state index contributed by atoms with van der Waals surface area (Å²) < 4.78 is 16.4. The van der Waals surface area contributed by atoms with Crippen LogP contribution in [-0.4, -0.2) is 40.1 Å². The van der Waals surface area contributed by atoms with Gasteiger partial charge in [0.2, 0.25) is 0 Å².